The molecule has 0 fully saturated rings. The molecule has 0 saturated carbocycles. The summed E-state index contributed by atoms with van der Waals surface area (Å²) in [6.07, 6.45) is 0. The molecule has 1 aromatic heterocycles. The molecule has 0 spiro atoms. The van der Waals surface area contributed by atoms with E-state index in [0.717, 1.165) is 16.6 Å². The summed E-state index contributed by atoms with van der Waals surface area (Å²) in [5.74, 6) is 0.246. The van der Waals surface area contributed by atoms with Crippen LogP contribution in [-0.4, -0.2) is 4.98 Å². The first-order valence-electron chi connectivity index (χ1n) is 6.23. The number of pyridine rings is 1. The van der Waals surface area contributed by atoms with Gasteiger partial charge in [0.2, 0.25) is 0 Å². The van der Waals surface area contributed by atoms with Crippen LogP contribution in [0, 0.1) is 12.7 Å². The molecule has 0 atom stereocenters. The second-order valence-electron chi connectivity index (χ2n) is 4.57. The van der Waals surface area contributed by atoms with E-state index in [9.17, 15) is 4.39 Å². The van der Waals surface area contributed by atoms with Crippen LogP contribution in [0.3, 0.4) is 0 Å². The fraction of sp³-hybridized carbons (Fsp3) is 0.0625. The quantitative estimate of drug-likeness (QED) is 0.713. The molecule has 0 saturated heterocycles. The van der Waals surface area contributed by atoms with Crippen LogP contribution in [0.5, 0.6) is 11.5 Å². The fourth-order valence-corrected chi connectivity index (χ4v) is 2.07. The maximum absolute atomic E-state index is 13.8. The molecule has 1 heterocycles. The Labute approximate surface area is 115 Å². The SMILES string of the molecule is Cc1cc(Oc2ccc(N)cc2F)c2ccccc2n1. The second kappa shape index (κ2) is 4.81. The number of aryl methyl sites for hydroxylation is 1. The molecule has 3 rings (SSSR count). The van der Waals surface area contributed by atoms with Crippen molar-refractivity contribution in [3.8, 4) is 11.5 Å². The first-order chi connectivity index (χ1) is 9.63. The summed E-state index contributed by atoms with van der Waals surface area (Å²) in [4.78, 5) is 4.42. The van der Waals surface area contributed by atoms with Crippen molar-refractivity contribution in [2.75, 3.05) is 5.73 Å². The van der Waals surface area contributed by atoms with E-state index in [-0.39, 0.29) is 5.75 Å². The average Bonchev–Trinajstić information content (AvgIpc) is 2.41. The molecule has 20 heavy (non-hydrogen) atoms. The third kappa shape index (κ3) is 2.28. The summed E-state index contributed by atoms with van der Waals surface area (Å²) in [5.41, 5.74) is 7.53. The lowest BCUT2D eigenvalue weighted by Gasteiger charge is -2.10. The van der Waals surface area contributed by atoms with Crippen molar-refractivity contribution in [3.05, 3.63) is 60.0 Å². The molecule has 3 aromatic rings. The van der Waals surface area contributed by atoms with Crippen molar-refractivity contribution < 1.29 is 9.13 Å². The zero-order valence-corrected chi connectivity index (χ0v) is 10.9. The molecule has 0 aliphatic rings. The van der Waals surface area contributed by atoms with Gasteiger partial charge in [-0.15, -0.1) is 0 Å². The molecule has 0 bridgehead atoms. The number of benzene rings is 2. The summed E-state index contributed by atoms with van der Waals surface area (Å²) >= 11 is 0. The van der Waals surface area contributed by atoms with Gasteiger partial charge in [-0.05, 0) is 31.2 Å². The van der Waals surface area contributed by atoms with Gasteiger partial charge < -0.3 is 10.5 Å². The van der Waals surface area contributed by atoms with Crippen LogP contribution in [0.1, 0.15) is 5.69 Å². The van der Waals surface area contributed by atoms with Crippen LogP contribution in [0.4, 0.5) is 10.1 Å². The van der Waals surface area contributed by atoms with Gasteiger partial charge in [-0.3, -0.25) is 4.98 Å². The van der Waals surface area contributed by atoms with Crippen molar-refractivity contribution in [2.45, 2.75) is 6.92 Å². The van der Waals surface area contributed by atoms with Crippen molar-refractivity contribution in [1.29, 1.82) is 0 Å². The predicted molar refractivity (Wildman–Crippen MR) is 77.4 cm³/mol. The van der Waals surface area contributed by atoms with Crippen LogP contribution < -0.4 is 10.5 Å². The Morgan fingerprint density at radius 3 is 2.65 bits per heavy atom. The number of nitrogens with zero attached hydrogens (tertiary/aromatic N) is 1. The molecule has 3 nitrogen and oxygen atoms in total. The normalized spacial score (nSPS) is 10.7. The summed E-state index contributed by atoms with van der Waals surface area (Å²) in [6, 6.07) is 13.8. The lowest BCUT2D eigenvalue weighted by molar-refractivity contribution is 0.446. The zero-order valence-electron chi connectivity index (χ0n) is 10.9. The Kier molecular flexibility index (Phi) is 2.99. The maximum atomic E-state index is 13.8. The number of para-hydroxylation sites is 1. The summed E-state index contributed by atoms with van der Waals surface area (Å²) in [7, 11) is 0. The van der Waals surface area contributed by atoms with E-state index in [1.54, 1.807) is 12.1 Å². The van der Waals surface area contributed by atoms with Gasteiger partial charge in [0.05, 0.1) is 5.52 Å². The monoisotopic (exact) mass is 268 g/mol. The first kappa shape index (κ1) is 12.4. The summed E-state index contributed by atoms with van der Waals surface area (Å²) < 4.78 is 19.5. The van der Waals surface area contributed by atoms with E-state index in [1.165, 1.54) is 12.1 Å². The lowest BCUT2D eigenvalue weighted by atomic mass is 10.2. The number of ether oxygens (including phenoxy) is 1. The third-order valence-corrected chi connectivity index (χ3v) is 2.98. The molecule has 0 unspecified atom stereocenters. The number of halogens is 1. The topological polar surface area (TPSA) is 48.1 Å². The van der Waals surface area contributed by atoms with E-state index in [1.807, 2.05) is 31.2 Å². The van der Waals surface area contributed by atoms with E-state index < -0.39 is 5.82 Å². The van der Waals surface area contributed by atoms with E-state index >= 15 is 0 Å². The van der Waals surface area contributed by atoms with Gasteiger partial charge in [-0.2, -0.15) is 0 Å². The number of hydrogen-bond donors (Lipinski definition) is 1. The van der Waals surface area contributed by atoms with Crippen LogP contribution in [0.25, 0.3) is 10.9 Å². The molecule has 100 valence electrons. The van der Waals surface area contributed by atoms with Crippen LogP contribution in [0.2, 0.25) is 0 Å². The molecule has 2 N–H and O–H groups in total. The van der Waals surface area contributed by atoms with Gasteiger partial charge in [0, 0.05) is 28.9 Å². The molecule has 2 aromatic carbocycles. The number of nitrogens with two attached hydrogens (primary N) is 1. The van der Waals surface area contributed by atoms with Crippen molar-refractivity contribution in [3.63, 3.8) is 0 Å². The lowest BCUT2D eigenvalue weighted by Crippen LogP contribution is -1.94. The number of nitrogen functional groups attached to an aromatic ring is 1. The molecule has 0 amide bonds. The number of aromatic nitrogens is 1. The predicted octanol–water partition coefficient (Wildman–Crippen LogP) is 4.06. The Bertz CT molecular complexity index is 787. The third-order valence-electron chi connectivity index (χ3n) is 2.98. The standard InChI is InChI=1S/C16H13FN2O/c1-10-8-16(12-4-2-3-5-14(12)19-10)20-15-7-6-11(18)9-13(15)17/h2-9H,18H2,1H3. The second-order valence-corrected chi connectivity index (χ2v) is 4.57. The van der Waals surface area contributed by atoms with Gasteiger partial charge >= 0.3 is 0 Å². The molecule has 0 aliphatic heterocycles. The van der Waals surface area contributed by atoms with Gasteiger partial charge in [0.25, 0.3) is 0 Å². The highest BCUT2D eigenvalue weighted by Gasteiger charge is 2.09. The Hall–Kier alpha value is -2.62. The number of hydrogen-bond acceptors (Lipinski definition) is 3. The van der Waals surface area contributed by atoms with E-state index in [2.05, 4.69) is 4.98 Å². The zero-order chi connectivity index (χ0) is 14.1. The van der Waals surface area contributed by atoms with Crippen molar-refractivity contribution in [1.82, 2.24) is 4.98 Å². The highest BCUT2D eigenvalue weighted by molar-refractivity contribution is 5.85. The van der Waals surface area contributed by atoms with Crippen molar-refractivity contribution >= 4 is 16.6 Å². The first-order valence-corrected chi connectivity index (χ1v) is 6.23. The highest BCUT2D eigenvalue weighted by Crippen LogP contribution is 2.31. The highest BCUT2D eigenvalue weighted by atomic mass is 19.1. The van der Waals surface area contributed by atoms with Gasteiger partial charge in [0.1, 0.15) is 5.75 Å². The number of rotatable bonds is 2. The molecule has 0 radical (unpaired) electrons. The van der Waals surface area contributed by atoms with Gasteiger partial charge in [-0.1, -0.05) is 12.1 Å². The number of fused-ring (bicyclic) bond motifs is 1. The largest absolute Gasteiger partial charge is 0.454 e. The van der Waals surface area contributed by atoms with Crippen molar-refractivity contribution in [2.24, 2.45) is 0 Å². The fourth-order valence-electron chi connectivity index (χ4n) is 2.07. The van der Waals surface area contributed by atoms with Crippen LogP contribution in [-0.2, 0) is 0 Å². The molecular formula is C16H13FN2O. The molecule has 4 heteroatoms. The van der Waals surface area contributed by atoms with Crippen LogP contribution >= 0.6 is 0 Å². The minimum absolute atomic E-state index is 0.148. The minimum atomic E-state index is -0.483. The molecular weight excluding hydrogens is 255 g/mol. The van der Waals surface area contributed by atoms with E-state index in [4.69, 9.17) is 10.5 Å². The Morgan fingerprint density at radius 1 is 1.05 bits per heavy atom. The Morgan fingerprint density at radius 2 is 1.85 bits per heavy atom. The Balaban J connectivity index is 2.10. The smallest absolute Gasteiger partial charge is 0.167 e. The number of anilines is 1. The summed E-state index contributed by atoms with van der Waals surface area (Å²) in [5, 5.41) is 0.842. The van der Waals surface area contributed by atoms with Crippen LogP contribution in [0.15, 0.2) is 48.5 Å². The summed E-state index contributed by atoms with van der Waals surface area (Å²) in [6.45, 7) is 1.87. The minimum Gasteiger partial charge on any atom is -0.454 e. The average molecular weight is 268 g/mol. The maximum Gasteiger partial charge on any atom is 0.167 e. The van der Waals surface area contributed by atoms with Gasteiger partial charge in [-0.25, -0.2) is 4.39 Å². The molecule has 0 aliphatic carbocycles. The van der Waals surface area contributed by atoms with E-state index in [0.29, 0.717) is 11.4 Å². The van der Waals surface area contributed by atoms with Gasteiger partial charge in [0.15, 0.2) is 11.6 Å².